The lowest BCUT2D eigenvalue weighted by Crippen LogP contribution is -2.41. The SMILES string of the molecule is COc1ccc(C(C)NC(=O)CN2CCC(C)CC2)cc1OC. The van der Waals surface area contributed by atoms with Crippen molar-refractivity contribution in [3.8, 4) is 11.5 Å². The largest absolute Gasteiger partial charge is 0.493 e. The first kappa shape index (κ1) is 17.6. The molecule has 0 bridgehead atoms. The molecule has 1 aliphatic heterocycles. The zero-order chi connectivity index (χ0) is 16.8. The fourth-order valence-electron chi connectivity index (χ4n) is 2.92. The average molecular weight is 320 g/mol. The molecule has 2 rings (SSSR count). The standard InChI is InChI=1S/C18H28N2O3/c1-13-7-9-20(10-8-13)12-18(21)19-14(2)15-5-6-16(22-3)17(11-15)23-4/h5-6,11,13-14H,7-10,12H2,1-4H3,(H,19,21). The first-order valence-electron chi connectivity index (χ1n) is 8.27. The number of hydrogen-bond donors (Lipinski definition) is 1. The van der Waals surface area contributed by atoms with Gasteiger partial charge in [-0.25, -0.2) is 0 Å². The van der Waals surface area contributed by atoms with Gasteiger partial charge in [0.15, 0.2) is 11.5 Å². The molecule has 5 nitrogen and oxygen atoms in total. The number of hydrogen-bond acceptors (Lipinski definition) is 4. The summed E-state index contributed by atoms with van der Waals surface area (Å²) >= 11 is 0. The molecule has 1 aliphatic rings. The number of ether oxygens (including phenoxy) is 2. The fourth-order valence-corrected chi connectivity index (χ4v) is 2.92. The Labute approximate surface area is 139 Å². The Morgan fingerprint density at radius 1 is 1.26 bits per heavy atom. The molecule has 1 saturated heterocycles. The van der Waals surface area contributed by atoms with E-state index in [1.807, 2.05) is 25.1 Å². The quantitative estimate of drug-likeness (QED) is 0.875. The van der Waals surface area contributed by atoms with E-state index < -0.39 is 0 Å². The van der Waals surface area contributed by atoms with Crippen molar-refractivity contribution in [3.63, 3.8) is 0 Å². The molecule has 1 aromatic rings. The van der Waals surface area contributed by atoms with Crippen LogP contribution in [0.1, 0.15) is 38.3 Å². The van der Waals surface area contributed by atoms with Crippen LogP contribution in [-0.4, -0.2) is 44.7 Å². The number of nitrogens with one attached hydrogen (secondary N) is 1. The number of benzene rings is 1. The number of carbonyl (C=O) groups excluding carboxylic acids is 1. The highest BCUT2D eigenvalue weighted by atomic mass is 16.5. The lowest BCUT2D eigenvalue weighted by molar-refractivity contribution is -0.123. The van der Waals surface area contributed by atoms with Gasteiger partial charge in [-0.1, -0.05) is 13.0 Å². The van der Waals surface area contributed by atoms with Crippen molar-refractivity contribution in [1.82, 2.24) is 10.2 Å². The van der Waals surface area contributed by atoms with Gasteiger partial charge in [-0.05, 0) is 56.5 Å². The van der Waals surface area contributed by atoms with Gasteiger partial charge in [0.2, 0.25) is 5.91 Å². The number of rotatable bonds is 6. The van der Waals surface area contributed by atoms with Crippen molar-refractivity contribution in [2.75, 3.05) is 33.9 Å². The van der Waals surface area contributed by atoms with Crippen LogP contribution in [0, 0.1) is 5.92 Å². The Balaban J connectivity index is 1.90. The predicted octanol–water partition coefficient (Wildman–Crippen LogP) is 2.61. The molecule has 1 aromatic carbocycles. The molecule has 1 fully saturated rings. The van der Waals surface area contributed by atoms with Crippen LogP contribution in [0.5, 0.6) is 11.5 Å². The van der Waals surface area contributed by atoms with Crippen molar-refractivity contribution >= 4 is 5.91 Å². The van der Waals surface area contributed by atoms with Crippen LogP contribution in [0.4, 0.5) is 0 Å². The minimum atomic E-state index is -0.0639. The van der Waals surface area contributed by atoms with Crippen molar-refractivity contribution in [3.05, 3.63) is 23.8 Å². The zero-order valence-corrected chi connectivity index (χ0v) is 14.6. The van der Waals surface area contributed by atoms with Crippen molar-refractivity contribution in [1.29, 1.82) is 0 Å². The van der Waals surface area contributed by atoms with Gasteiger partial charge in [0.25, 0.3) is 0 Å². The van der Waals surface area contributed by atoms with Crippen LogP contribution in [0.25, 0.3) is 0 Å². The highest BCUT2D eigenvalue weighted by Gasteiger charge is 2.19. The molecule has 1 atom stereocenters. The van der Waals surface area contributed by atoms with Crippen molar-refractivity contribution < 1.29 is 14.3 Å². The highest BCUT2D eigenvalue weighted by Crippen LogP contribution is 2.29. The number of methoxy groups -OCH3 is 2. The number of piperidine rings is 1. The molecule has 0 aliphatic carbocycles. The monoisotopic (exact) mass is 320 g/mol. The molecule has 1 heterocycles. The van der Waals surface area contributed by atoms with E-state index >= 15 is 0 Å². The van der Waals surface area contributed by atoms with Gasteiger partial charge in [-0.2, -0.15) is 0 Å². The van der Waals surface area contributed by atoms with Crippen molar-refractivity contribution in [2.24, 2.45) is 5.92 Å². The normalized spacial score (nSPS) is 17.6. The minimum absolute atomic E-state index is 0.0639. The predicted molar refractivity (Wildman–Crippen MR) is 90.9 cm³/mol. The Morgan fingerprint density at radius 3 is 2.52 bits per heavy atom. The summed E-state index contributed by atoms with van der Waals surface area (Å²) in [5, 5.41) is 3.07. The van der Waals surface area contributed by atoms with Crippen molar-refractivity contribution in [2.45, 2.75) is 32.7 Å². The van der Waals surface area contributed by atoms with Crippen LogP contribution >= 0.6 is 0 Å². The van der Waals surface area contributed by atoms with E-state index in [1.165, 1.54) is 12.8 Å². The second-order valence-corrected chi connectivity index (χ2v) is 6.36. The van der Waals surface area contributed by atoms with E-state index in [0.717, 1.165) is 24.6 Å². The first-order valence-corrected chi connectivity index (χ1v) is 8.27. The summed E-state index contributed by atoms with van der Waals surface area (Å²) < 4.78 is 10.6. The Morgan fingerprint density at radius 2 is 1.91 bits per heavy atom. The molecule has 0 aromatic heterocycles. The van der Waals surface area contributed by atoms with Gasteiger partial charge in [0, 0.05) is 0 Å². The maximum absolute atomic E-state index is 12.2. The summed E-state index contributed by atoms with van der Waals surface area (Å²) in [4.78, 5) is 14.5. The van der Waals surface area contributed by atoms with Crippen LogP contribution < -0.4 is 14.8 Å². The number of likely N-dealkylation sites (tertiary alicyclic amines) is 1. The summed E-state index contributed by atoms with van der Waals surface area (Å²) in [5.74, 6) is 2.22. The lowest BCUT2D eigenvalue weighted by atomic mass is 9.99. The van der Waals surface area contributed by atoms with E-state index in [9.17, 15) is 4.79 Å². The third kappa shape index (κ3) is 4.86. The molecule has 0 radical (unpaired) electrons. The molecular weight excluding hydrogens is 292 g/mol. The molecule has 128 valence electrons. The summed E-state index contributed by atoms with van der Waals surface area (Å²) in [6, 6.07) is 5.66. The van der Waals surface area contributed by atoms with Gasteiger partial charge >= 0.3 is 0 Å². The molecule has 0 saturated carbocycles. The van der Waals surface area contributed by atoms with Gasteiger partial charge in [-0.15, -0.1) is 0 Å². The average Bonchev–Trinajstić information content (AvgIpc) is 2.56. The smallest absolute Gasteiger partial charge is 0.234 e. The summed E-state index contributed by atoms with van der Waals surface area (Å²) in [5.41, 5.74) is 1.00. The Kier molecular flexibility index (Phi) is 6.28. The van der Waals surface area contributed by atoms with Gasteiger partial charge in [0.1, 0.15) is 0 Å². The van der Waals surface area contributed by atoms with Gasteiger partial charge in [0.05, 0.1) is 26.8 Å². The second-order valence-electron chi connectivity index (χ2n) is 6.36. The van der Waals surface area contributed by atoms with Crippen LogP contribution in [0.2, 0.25) is 0 Å². The highest BCUT2D eigenvalue weighted by molar-refractivity contribution is 5.78. The summed E-state index contributed by atoms with van der Waals surface area (Å²) in [6.45, 7) is 6.76. The summed E-state index contributed by atoms with van der Waals surface area (Å²) in [7, 11) is 3.23. The third-order valence-corrected chi connectivity index (χ3v) is 4.53. The Hall–Kier alpha value is -1.75. The van der Waals surface area contributed by atoms with Gasteiger partial charge < -0.3 is 14.8 Å². The topological polar surface area (TPSA) is 50.8 Å². The van der Waals surface area contributed by atoms with E-state index in [2.05, 4.69) is 17.1 Å². The maximum atomic E-state index is 12.2. The summed E-state index contributed by atoms with van der Waals surface area (Å²) in [6.07, 6.45) is 2.36. The number of carbonyl (C=O) groups is 1. The molecule has 23 heavy (non-hydrogen) atoms. The zero-order valence-electron chi connectivity index (χ0n) is 14.6. The number of amides is 1. The van der Waals surface area contributed by atoms with Crippen LogP contribution in [-0.2, 0) is 4.79 Å². The molecular formula is C18H28N2O3. The molecule has 1 unspecified atom stereocenters. The van der Waals surface area contributed by atoms with E-state index in [0.29, 0.717) is 18.0 Å². The molecule has 1 amide bonds. The third-order valence-electron chi connectivity index (χ3n) is 4.53. The fraction of sp³-hybridized carbons (Fsp3) is 0.611. The van der Waals surface area contributed by atoms with E-state index in [4.69, 9.17) is 9.47 Å². The van der Waals surface area contributed by atoms with Crippen LogP contribution in [0.15, 0.2) is 18.2 Å². The molecule has 0 spiro atoms. The second kappa shape index (κ2) is 8.20. The number of nitrogens with zero attached hydrogens (tertiary/aromatic N) is 1. The molecule has 1 N–H and O–H groups in total. The first-order chi connectivity index (χ1) is 11.0. The lowest BCUT2D eigenvalue weighted by Gasteiger charge is -2.30. The van der Waals surface area contributed by atoms with Gasteiger partial charge in [-0.3, -0.25) is 9.69 Å². The van der Waals surface area contributed by atoms with E-state index in [-0.39, 0.29) is 11.9 Å². The van der Waals surface area contributed by atoms with E-state index in [1.54, 1.807) is 14.2 Å². The maximum Gasteiger partial charge on any atom is 0.234 e. The Bertz CT molecular complexity index is 525. The van der Waals surface area contributed by atoms with Crippen LogP contribution in [0.3, 0.4) is 0 Å². The molecule has 5 heteroatoms. The minimum Gasteiger partial charge on any atom is -0.493 e.